The summed E-state index contributed by atoms with van der Waals surface area (Å²) < 4.78 is 44.7. The molecule has 0 bridgehead atoms. The van der Waals surface area contributed by atoms with Crippen molar-refractivity contribution in [1.29, 1.82) is 0 Å². The summed E-state index contributed by atoms with van der Waals surface area (Å²) in [6, 6.07) is 43.8. The Bertz CT molecular complexity index is 1780. The summed E-state index contributed by atoms with van der Waals surface area (Å²) in [5, 5.41) is 2.85. The molecule has 7 heteroatoms. The van der Waals surface area contributed by atoms with E-state index in [2.05, 4.69) is 91.0 Å². The zero-order valence-electron chi connectivity index (χ0n) is 22.6. The summed E-state index contributed by atoms with van der Waals surface area (Å²) in [6.45, 7) is 0. The first kappa shape index (κ1) is 28.2. The van der Waals surface area contributed by atoms with E-state index >= 15 is 0 Å². The van der Waals surface area contributed by atoms with Gasteiger partial charge in [0.05, 0.1) is 30.0 Å². The molecule has 0 radical (unpaired) electrons. The van der Waals surface area contributed by atoms with E-state index in [-0.39, 0.29) is 15.8 Å². The van der Waals surface area contributed by atoms with Crippen LogP contribution in [0.15, 0.2) is 153 Å². The van der Waals surface area contributed by atoms with Gasteiger partial charge in [-0.25, -0.2) is 8.42 Å². The Morgan fingerprint density at radius 3 is 1.27 bits per heavy atom. The van der Waals surface area contributed by atoms with Crippen molar-refractivity contribution in [2.24, 2.45) is 0 Å². The minimum absolute atomic E-state index is 0.0146. The van der Waals surface area contributed by atoms with Gasteiger partial charge in [-0.1, -0.05) is 78.9 Å². The molecule has 41 heavy (non-hydrogen) atoms. The molecule has 0 aliphatic carbocycles. The molecule has 0 amide bonds. The standard InChI is InChI=1S/C18H15S.C16H14O5S/c1-4-10-16(11-5-1)19(17-12-6-2-7-13-17)18-14-8-3-9-15-18;1-20-15-11-5-3-4-6-12(11)16(21-2)14-9-10(22(17,18)19)7-8-13(14)15/h1-15H;3-9H,1-2H3,(H,17,18,19)/q+1;/p-1. The molecular formula is C34H28O5S2. The summed E-state index contributed by atoms with van der Waals surface area (Å²) in [5.74, 6) is 1.12. The van der Waals surface area contributed by atoms with E-state index in [0.717, 1.165) is 10.8 Å². The molecule has 6 aromatic carbocycles. The van der Waals surface area contributed by atoms with Crippen LogP contribution in [0.1, 0.15) is 0 Å². The molecule has 0 N–H and O–H groups in total. The van der Waals surface area contributed by atoms with Crippen molar-refractivity contribution >= 4 is 42.6 Å². The Kier molecular flexibility index (Phi) is 8.59. The van der Waals surface area contributed by atoms with E-state index in [1.165, 1.54) is 33.9 Å². The van der Waals surface area contributed by atoms with Gasteiger partial charge in [-0.2, -0.15) is 0 Å². The zero-order valence-corrected chi connectivity index (χ0v) is 24.2. The average Bonchev–Trinajstić information content (AvgIpc) is 3.01. The molecule has 5 nitrogen and oxygen atoms in total. The highest BCUT2D eigenvalue weighted by molar-refractivity contribution is 7.97. The van der Waals surface area contributed by atoms with Gasteiger partial charge < -0.3 is 14.0 Å². The lowest BCUT2D eigenvalue weighted by molar-refractivity contribution is 0.417. The molecule has 0 aliphatic heterocycles. The van der Waals surface area contributed by atoms with E-state index < -0.39 is 10.1 Å². The number of rotatable bonds is 6. The Labute approximate surface area is 243 Å². The molecule has 206 valence electrons. The highest BCUT2D eigenvalue weighted by Gasteiger charge is 2.27. The maximum absolute atomic E-state index is 11.3. The highest BCUT2D eigenvalue weighted by Crippen LogP contribution is 2.43. The maximum Gasteiger partial charge on any atom is 0.166 e. The number of benzene rings is 6. The van der Waals surface area contributed by atoms with Crippen LogP contribution >= 0.6 is 0 Å². The number of methoxy groups -OCH3 is 2. The predicted molar refractivity (Wildman–Crippen MR) is 164 cm³/mol. The van der Waals surface area contributed by atoms with E-state index in [1.54, 1.807) is 13.2 Å². The fraction of sp³-hybridized carbons (Fsp3) is 0.0588. The number of hydrogen-bond donors (Lipinski definition) is 0. The van der Waals surface area contributed by atoms with Gasteiger partial charge >= 0.3 is 0 Å². The number of hydrogen-bond acceptors (Lipinski definition) is 5. The first-order chi connectivity index (χ1) is 19.9. The fourth-order valence-electron chi connectivity index (χ4n) is 4.75. The first-order valence-electron chi connectivity index (χ1n) is 12.8. The molecule has 0 fully saturated rings. The van der Waals surface area contributed by atoms with Gasteiger partial charge in [-0.15, -0.1) is 0 Å². The van der Waals surface area contributed by atoms with Crippen molar-refractivity contribution in [3.63, 3.8) is 0 Å². The molecule has 0 saturated heterocycles. The molecule has 6 rings (SSSR count). The van der Waals surface area contributed by atoms with E-state index in [0.29, 0.717) is 22.3 Å². The summed E-state index contributed by atoms with van der Waals surface area (Å²) in [7, 11) is -1.50. The van der Waals surface area contributed by atoms with Crippen LogP contribution < -0.4 is 9.47 Å². The van der Waals surface area contributed by atoms with Gasteiger partial charge in [0.1, 0.15) is 21.6 Å². The third kappa shape index (κ3) is 6.07. The minimum atomic E-state index is -4.54. The molecule has 0 heterocycles. The van der Waals surface area contributed by atoms with Gasteiger partial charge in [0.15, 0.2) is 14.7 Å². The third-order valence-electron chi connectivity index (χ3n) is 6.53. The lowest BCUT2D eigenvalue weighted by Gasteiger charge is -2.16. The molecule has 0 saturated carbocycles. The number of ether oxygens (including phenoxy) is 2. The van der Waals surface area contributed by atoms with Crippen LogP contribution in [0.3, 0.4) is 0 Å². The predicted octanol–water partition coefficient (Wildman–Crippen LogP) is 7.70. The van der Waals surface area contributed by atoms with Crippen LogP contribution in [0.2, 0.25) is 0 Å². The second-order valence-corrected chi connectivity index (χ2v) is 12.4. The Balaban J connectivity index is 0.000000166. The molecule has 0 aliphatic rings. The highest BCUT2D eigenvalue weighted by atomic mass is 32.2. The topological polar surface area (TPSA) is 75.7 Å². The Morgan fingerprint density at radius 2 is 0.878 bits per heavy atom. The summed E-state index contributed by atoms with van der Waals surface area (Å²) in [5.41, 5.74) is 0. The first-order valence-corrected chi connectivity index (χ1v) is 15.5. The van der Waals surface area contributed by atoms with Gasteiger partial charge in [0.25, 0.3) is 0 Å². The van der Waals surface area contributed by atoms with E-state index in [9.17, 15) is 13.0 Å². The third-order valence-corrected chi connectivity index (χ3v) is 9.59. The SMILES string of the molecule is COc1c2ccccc2c(OC)c2cc(S(=O)(=O)[O-])ccc12.c1ccc([S+](c2ccccc2)c2ccccc2)cc1. The van der Waals surface area contributed by atoms with Gasteiger partial charge in [-0.05, 0) is 54.6 Å². The second kappa shape index (κ2) is 12.5. The van der Waals surface area contributed by atoms with Crippen molar-refractivity contribution in [3.8, 4) is 11.5 Å². The monoisotopic (exact) mass is 580 g/mol. The summed E-state index contributed by atoms with van der Waals surface area (Å²) in [6.07, 6.45) is 0. The van der Waals surface area contributed by atoms with Crippen LogP contribution in [-0.2, 0) is 21.0 Å². The quantitative estimate of drug-likeness (QED) is 0.115. The molecule has 0 atom stereocenters. The molecule has 0 aromatic heterocycles. The van der Waals surface area contributed by atoms with Crippen molar-refractivity contribution in [2.75, 3.05) is 14.2 Å². The van der Waals surface area contributed by atoms with Gasteiger partial charge in [0.2, 0.25) is 0 Å². The van der Waals surface area contributed by atoms with Crippen molar-refractivity contribution in [3.05, 3.63) is 133 Å². The average molecular weight is 581 g/mol. The molecular weight excluding hydrogens is 553 g/mol. The maximum atomic E-state index is 11.3. The van der Waals surface area contributed by atoms with Crippen LogP contribution in [-0.4, -0.2) is 27.2 Å². The van der Waals surface area contributed by atoms with Crippen LogP contribution in [0.25, 0.3) is 21.5 Å². The van der Waals surface area contributed by atoms with Crippen molar-refractivity contribution in [2.45, 2.75) is 19.6 Å². The normalized spacial score (nSPS) is 11.2. The van der Waals surface area contributed by atoms with Crippen LogP contribution in [0, 0.1) is 0 Å². The largest absolute Gasteiger partial charge is 0.744 e. The smallest absolute Gasteiger partial charge is 0.166 e. The Morgan fingerprint density at radius 1 is 0.512 bits per heavy atom. The molecule has 0 spiro atoms. The fourth-order valence-corrected chi connectivity index (χ4v) is 7.35. The number of fused-ring (bicyclic) bond motifs is 2. The van der Waals surface area contributed by atoms with Crippen molar-refractivity contribution < 1.29 is 22.4 Å². The zero-order chi connectivity index (χ0) is 28.8. The lowest BCUT2D eigenvalue weighted by Crippen LogP contribution is -2.04. The van der Waals surface area contributed by atoms with Gasteiger partial charge in [-0.3, -0.25) is 0 Å². The lowest BCUT2D eigenvalue weighted by atomic mass is 10.0. The molecule has 0 unspecified atom stereocenters. The van der Waals surface area contributed by atoms with E-state index in [1.807, 2.05) is 24.3 Å². The second-order valence-electron chi connectivity index (χ2n) is 9.02. The summed E-state index contributed by atoms with van der Waals surface area (Å²) in [4.78, 5) is 3.79. The Hall–Kier alpha value is -4.30. The summed E-state index contributed by atoms with van der Waals surface area (Å²) >= 11 is 0. The van der Waals surface area contributed by atoms with Crippen LogP contribution in [0.5, 0.6) is 11.5 Å². The van der Waals surface area contributed by atoms with Gasteiger partial charge in [0, 0.05) is 21.5 Å². The molecule has 6 aromatic rings. The minimum Gasteiger partial charge on any atom is -0.744 e. The van der Waals surface area contributed by atoms with Crippen LogP contribution in [0.4, 0.5) is 0 Å². The van der Waals surface area contributed by atoms with Crippen molar-refractivity contribution in [1.82, 2.24) is 0 Å². The van der Waals surface area contributed by atoms with E-state index in [4.69, 9.17) is 9.47 Å².